The van der Waals surface area contributed by atoms with Crippen LogP contribution in [0.15, 0.2) is 51.8 Å². The highest BCUT2D eigenvalue weighted by atomic mass is 79.9. The molecule has 0 fully saturated rings. The number of nitrogens with two attached hydrogens (primary N) is 1. The van der Waals surface area contributed by atoms with Crippen LogP contribution in [0.2, 0.25) is 0 Å². The standard InChI is InChI=1S/C14H14BrNOS/c1-17-13-8-11(16)7-6-10(13)9-18-14-5-3-2-4-12(14)15/h2-8H,9,16H2,1H3. The molecule has 0 bridgehead atoms. The molecule has 0 aliphatic heterocycles. The van der Waals surface area contributed by atoms with Crippen LogP contribution in [0.5, 0.6) is 5.75 Å². The maximum atomic E-state index is 5.74. The molecule has 2 N–H and O–H groups in total. The van der Waals surface area contributed by atoms with E-state index in [1.165, 1.54) is 4.90 Å². The van der Waals surface area contributed by atoms with E-state index in [4.69, 9.17) is 10.5 Å². The molecule has 2 aromatic carbocycles. The number of hydrogen-bond donors (Lipinski definition) is 1. The normalized spacial score (nSPS) is 10.3. The molecule has 94 valence electrons. The number of halogens is 1. The van der Waals surface area contributed by atoms with Crippen LogP contribution >= 0.6 is 27.7 Å². The van der Waals surface area contributed by atoms with Crippen molar-refractivity contribution < 1.29 is 4.74 Å². The Hall–Kier alpha value is -1.13. The van der Waals surface area contributed by atoms with E-state index in [1.807, 2.05) is 36.4 Å². The number of benzene rings is 2. The van der Waals surface area contributed by atoms with Gasteiger partial charge in [0, 0.05) is 32.4 Å². The molecule has 0 saturated heterocycles. The SMILES string of the molecule is COc1cc(N)ccc1CSc1ccccc1Br. The molecule has 0 atom stereocenters. The molecule has 0 aromatic heterocycles. The van der Waals surface area contributed by atoms with Gasteiger partial charge in [0.05, 0.1) is 7.11 Å². The van der Waals surface area contributed by atoms with Crippen molar-refractivity contribution in [3.05, 3.63) is 52.5 Å². The summed E-state index contributed by atoms with van der Waals surface area (Å²) in [5, 5.41) is 0. The minimum atomic E-state index is 0.724. The number of thioether (sulfide) groups is 1. The highest BCUT2D eigenvalue weighted by Gasteiger charge is 2.05. The van der Waals surface area contributed by atoms with Gasteiger partial charge in [0.15, 0.2) is 0 Å². The highest BCUT2D eigenvalue weighted by molar-refractivity contribution is 9.10. The predicted molar refractivity (Wildman–Crippen MR) is 81.1 cm³/mol. The predicted octanol–water partition coefficient (Wildman–Crippen LogP) is 4.33. The number of hydrogen-bond acceptors (Lipinski definition) is 3. The second-order valence-electron chi connectivity index (χ2n) is 3.79. The fourth-order valence-corrected chi connectivity index (χ4v) is 3.16. The van der Waals surface area contributed by atoms with Crippen LogP contribution in [0.4, 0.5) is 5.69 Å². The van der Waals surface area contributed by atoms with Gasteiger partial charge in [0.2, 0.25) is 0 Å². The summed E-state index contributed by atoms with van der Waals surface area (Å²) in [6.45, 7) is 0. The van der Waals surface area contributed by atoms with Crippen LogP contribution in [-0.4, -0.2) is 7.11 Å². The third-order valence-electron chi connectivity index (χ3n) is 2.53. The van der Waals surface area contributed by atoms with Crippen LogP contribution in [0.3, 0.4) is 0 Å². The van der Waals surface area contributed by atoms with Crippen LogP contribution in [0.1, 0.15) is 5.56 Å². The van der Waals surface area contributed by atoms with Crippen molar-refractivity contribution in [3.8, 4) is 5.75 Å². The van der Waals surface area contributed by atoms with E-state index in [9.17, 15) is 0 Å². The van der Waals surface area contributed by atoms with Gasteiger partial charge in [-0.15, -0.1) is 11.8 Å². The third kappa shape index (κ3) is 3.21. The Labute approximate surface area is 120 Å². The third-order valence-corrected chi connectivity index (χ3v) is 4.61. The molecule has 0 heterocycles. The van der Waals surface area contributed by atoms with Crippen molar-refractivity contribution in [2.45, 2.75) is 10.6 Å². The maximum absolute atomic E-state index is 5.74. The molecule has 2 nitrogen and oxygen atoms in total. The maximum Gasteiger partial charge on any atom is 0.124 e. The lowest BCUT2D eigenvalue weighted by molar-refractivity contribution is 0.411. The van der Waals surface area contributed by atoms with E-state index in [0.717, 1.165) is 27.2 Å². The summed E-state index contributed by atoms with van der Waals surface area (Å²) in [4.78, 5) is 1.22. The van der Waals surface area contributed by atoms with Gasteiger partial charge in [-0.2, -0.15) is 0 Å². The second kappa shape index (κ2) is 6.16. The van der Waals surface area contributed by atoms with Crippen LogP contribution in [-0.2, 0) is 5.75 Å². The number of anilines is 1. The lowest BCUT2D eigenvalue weighted by atomic mass is 10.2. The summed E-state index contributed by atoms with van der Waals surface area (Å²) in [5.41, 5.74) is 7.61. The molecule has 0 spiro atoms. The number of methoxy groups -OCH3 is 1. The quantitative estimate of drug-likeness (QED) is 0.671. The molecule has 2 rings (SSSR count). The van der Waals surface area contributed by atoms with Crippen molar-refractivity contribution in [2.24, 2.45) is 0 Å². The Morgan fingerprint density at radius 1 is 1.22 bits per heavy atom. The van der Waals surface area contributed by atoms with Crippen LogP contribution in [0.25, 0.3) is 0 Å². The van der Waals surface area contributed by atoms with E-state index in [2.05, 4.69) is 22.0 Å². The first-order valence-electron chi connectivity index (χ1n) is 5.50. The summed E-state index contributed by atoms with van der Waals surface area (Å²) in [7, 11) is 1.67. The van der Waals surface area contributed by atoms with Gasteiger partial charge in [0.25, 0.3) is 0 Å². The smallest absolute Gasteiger partial charge is 0.124 e. The average molecular weight is 324 g/mol. The zero-order valence-electron chi connectivity index (χ0n) is 10.0. The molecular formula is C14H14BrNOS. The zero-order chi connectivity index (χ0) is 13.0. The van der Waals surface area contributed by atoms with Crippen molar-refractivity contribution in [2.75, 3.05) is 12.8 Å². The Morgan fingerprint density at radius 2 is 2.00 bits per heavy atom. The Bertz CT molecular complexity index is 545. The summed E-state index contributed by atoms with van der Waals surface area (Å²) < 4.78 is 6.45. The summed E-state index contributed by atoms with van der Waals surface area (Å²) in [6, 6.07) is 14.0. The molecule has 0 aliphatic carbocycles. The fraction of sp³-hybridized carbons (Fsp3) is 0.143. The second-order valence-corrected chi connectivity index (χ2v) is 5.66. The van der Waals surface area contributed by atoms with Gasteiger partial charge in [0.1, 0.15) is 5.75 Å². The number of nitrogen functional groups attached to an aromatic ring is 1. The van der Waals surface area contributed by atoms with E-state index >= 15 is 0 Å². The van der Waals surface area contributed by atoms with E-state index in [0.29, 0.717) is 0 Å². The Morgan fingerprint density at radius 3 is 2.72 bits per heavy atom. The molecule has 18 heavy (non-hydrogen) atoms. The minimum absolute atomic E-state index is 0.724. The first-order chi connectivity index (χ1) is 8.70. The summed E-state index contributed by atoms with van der Waals surface area (Å²) in [6.07, 6.45) is 0. The lowest BCUT2D eigenvalue weighted by Gasteiger charge is -2.09. The van der Waals surface area contributed by atoms with Gasteiger partial charge in [-0.1, -0.05) is 18.2 Å². The highest BCUT2D eigenvalue weighted by Crippen LogP contribution is 2.32. The first kappa shape index (κ1) is 13.3. The molecular weight excluding hydrogens is 310 g/mol. The van der Waals surface area contributed by atoms with E-state index < -0.39 is 0 Å². The Balaban J connectivity index is 2.13. The van der Waals surface area contributed by atoms with Crippen LogP contribution in [0, 0.1) is 0 Å². The van der Waals surface area contributed by atoms with Crippen molar-refractivity contribution >= 4 is 33.4 Å². The monoisotopic (exact) mass is 323 g/mol. The lowest BCUT2D eigenvalue weighted by Crippen LogP contribution is -1.93. The first-order valence-corrected chi connectivity index (χ1v) is 7.28. The van der Waals surface area contributed by atoms with Gasteiger partial charge in [-0.05, 0) is 34.1 Å². The van der Waals surface area contributed by atoms with Crippen molar-refractivity contribution in [1.82, 2.24) is 0 Å². The number of rotatable bonds is 4. The molecule has 4 heteroatoms. The molecule has 0 aliphatic rings. The van der Waals surface area contributed by atoms with Gasteiger partial charge in [-0.3, -0.25) is 0 Å². The van der Waals surface area contributed by atoms with E-state index in [-0.39, 0.29) is 0 Å². The minimum Gasteiger partial charge on any atom is -0.496 e. The summed E-state index contributed by atoms with van der Waals surface area (Å²) in [5.74, 6) is 1.70. The van der Waals surface area contributed by atoms with Crippen LogP contribution < -0.4 is 10.5 Å². The molecule has 0 unspecified atom stereocenters. The Kier molecular flexibility index (Phi) is 4.55. The molecule has 2 aromatic rings. The largest absolute Gasteiger partial charge is 0.496 e. The zero-order valence-corrected chi connectivity index (χ0v) is 12.4. The van der Waals surface area contributed by atoms with Gasteiger partial charge >= 0.3 is 0 Å². The fourth-order valence-electron chi connectivity index (χ4n) is 1.60. The molecule has 0 saturated carbocycles. The van der Waals surface area contributed by atoms with Gasteiger partial charge < -0.3 is 10.5 Å². The van der Waals surface area contributed by atoms with Crippen molar-refractivity contribution in [1.29, 1.82) is 0 Å². The summed E-state index contributed by atoms with van der Waals surface area (Å²) >= 11 is 5.31. The number of ether oxygens (including phenoxy) is 1. The van der Waals surface area contributed by atoms with Crippen molar-refractivity contribution in [3.63, 3.8) is 0 Å². The molecule has 0 amide bonds. The molecule has 0 radical (unpaired) electrons. The topological polar surface area (TPSA) is 35.2 Å². The average Bonchev–Trinajstić information content (AvgIpc) is 2.39. The van der Waals surface area contributed by atoms with Gasteiger partial charge in [-0.25, -0.2) is 0 Å². The van der Waals surface area contributed by atoms with E-state index in [1.54, 1.807) is 18.9 Å².